The zero-order chi connectivity index (χ0) is 14.5. The molecule has 2 rings (SSSR count). The predicted octanol–water partition coefficient (Wildman–Crippen LogP) is 4.19. The van der Waals surface area contributed by atoms with Gasteiger partial charge in [0, 0.05) is 17.2 Å². The van der Waals surface area contributed by atoms with Crippen molar-refractivity contribution in [1.82, 2.24) is 9.78 Å². The van der Waals surface area contributed by atoms with E-state index in [0.717, 1.165) is 23.1 Å². The molecular formula is C15H19BrN2OS. The molecule has 20 heavy (non-hydrogen) atoms. The Hall–Kier alpha value is -0.780. The van der Waals surface area contributed by atoms with Crippen molar-refractivity contribution in [3.63, 3.8) is 0 Å². The number of thioether (sulfide) groups is 1. The molecule has 5 heteroatoms. The molecule has 1 atom stereocenters. The molecule has 0 saturated heterocycles. The first kappa shape index (κ1) is 15.6. The molecule has 1 aromatic heterocycles. The number of halogens is 1. The van der Waals surface area contributed by atoms with Crippen LogP contribution < -0.4 is 0 Å². The summed E-state index contributed by atoms with van der Waals surface area (Å²) in [5.74, 6) is 0.622. The molecule has 0 amide bonds. The van der Waals surface area contributed by atoms with Gasteiger partial charge < -0.3 is 5.11 Å². The molecule has 1 unspecified atom stereocenters. The summed E-state index contributed by atoms with van der Waals surface area (Å²) >= 11 is 5.14. The van der Waals surface area contributed by atoms with Crippen LogP contribution in [0.4, 0.5) is 0 Å². The molecule has 1 N–H and O–H groups in total. The number of aromatic nitrogens is 2. The van der Waals surface area contributed by atoms with Gasteiger partial charge in [0.25, 0.3) is 0 Å². The molecule has 0 aliphatic rings. The smallest absolute Gasteiger partial charge is 0.106 e. The van der Waals surface area contributed by atoms with E-state index < -0.39 is 6.10 Å². The lowest BCUT2D eigenvalue weighted by Crippen LogP contribution is -2.11. The minimum Gasteiger partial charge on any atom is -0.386 e. The molecule has 1 aromatic carbocycles. The van der Waals surface area contributed by atoms with Gasteiger partial charge >= 0.3 is 0 Å². The quantitative estimate of drug-likeness (QED) is 0.790. The predicted molar refractivity (Wildman–Crippen MR) is 87.1 cm³/mol. The molecule has 0 saturated carbocycles. The number of aryl methyl sites for hydroxylation is 2. The molecule has 0 aliphatic carbocycles. The number of nitrogens with zero attached hydrogens (tertiary/aromatic N) is 2. The summed E-state index contributed by atoms with van der Waals surface area (Å²) in [5, 5.41) is 14.7. The standard InChI is InChI=1S/C15H19BrN2OS/c1-3-7-18-15(13(16)9-17-18)14(19)10-20-12-6-4-5-11(2)8-12/h4-6,8-9,14,19H,3,7,10H2,1-2H3. The molecule has 0 bridgehead atoms. The minimum atomic E-state index is -0.524. The highest BCUT2D eigenvalue weighted by Gasteiger charge is 2.17. The van der Waals surface area contributed by atoms with E-state index >= 15 is 0 Å². The highest BCUT2D eigenvalue weighted by Crippen LogP contribution is 2.29. The van der Waals surface area contributed by atoms with E-state index in [1.807, 2.05) is 10.7 Å². The number of hydrogen-bond acceptors (Lipinski definition) is 3. The first-order valence-corrected chi connectivity index (χ1v) is 8.48. The van der Waals surface area contributed by atoms with E-state index in [1.54, 1.807) is 18.0 Å². The lowest BCUT2D eigenvalue weighted by atomic mass is 10.2. The van der Waals surface area contributed by atoms with Gasteiger partial charge in [-0.1, -0.05) is 24.6 Å². The zero-order valence-electron chi connectivity index (χ0n) is 11.7. The van der Waals surface area contributed by atoms with E-state index in [0.29, 0.717) is 5.75 Å². The first-order chi connectivity index (χ1) is 9.61. The molecule has 0 aliphatic heterocycles. The maximum absolute atomic E-state index is 10.4. The average molecular weight is 355 g/mol. The SMILES string of the molecule is CCCn1ncc(Br)c1C(O)CSc1cccc(C)c1. The van der Waals surface area contributed by atoms with Gasteiger partial charge in [-0.25, -0.2) is 0 Å². The Morgan fingerprint density at radius 1 is 1.45 bits per heavy atom. The van der Waals surface area contributed by atoms with Crippen LogP contribution in [0.2, 0.25) is 0 Å². The van der Waals surface area contributed by atoms with Crippen LogP contribution in [0, 0.1) is 6.92 Å². The van der Waals surface area contributed by atoms with Gasteiger partial charge in [0.2, 0.25) is 0 Å². The number of hydrogen-bond donors (Lipinski definition) is 1. The summed E-state index contributed by atoms with van der Waals surface area (Å²) in [7, 11) is 0. The van der Waals surface area contributed by atoms with Crippen molar-refractivity contribution < 1.29 is 5.11 Å². The Morgan fingerprint density at radius 3 is 2.95 bits per heavy atom. The van der Waals surface area contributed by atoms with Crippen LogP contribution in [-0.4, -0.2) is 20.6 Å². The second-order valence-electron chi connectivity index (χ2n) is 4.74. The van der Waals surface area contributed by atoms with Crippen LogP contribution >= 0.6 is 27.7 Å². The third-order valence-corrected chi connectivity index (χ3v) is 4.66. The largest absolute Gasteiger partial charge is 0.386 e. The molecule has 0 radical (unpaired) electrons. The maximum atomic E-state index is 10.4. The monoisotopic (exact) mass is 354 g/mol. The Kier molecular flexibility index (Phi) is 5.69. The van der Waals surface area contributed by atoms with Crippen LogP contribution in [0.15, 0.2) is 39.8 Å². The number of rotatable bonds is 6. The summed E-state index contributed by atoms with van der Waals surface area (Å²) in [6.45, 7) is 5.01. The van der Waals surface area contributed by atoms with Crippen LogP contribution in [0.3, 0.4) is 0 Å². The van der Waals surface area contributed by atoms with E-state index in [4.69, 9.17) is 0 Å². The fraction of sp³-hybridized carbons (Fsp3) is 0.400. The summed E-state index contributed by atoms with van der Waals surface area (Å²) in [6.07, 6.45) is 2.23. The Balaban J connectivity index is 2.05. The number of aliphatic hydroxyl groups excluding tert-OH is 1. The van der Waals surface area contributed by atoms with Gasteiger partial charge in [0.1, 0.15) is 6.10 Å². The summed E-state index contributed by atoms with van der Waals surface area (Å²) in [6, 6.07) is 8.33. The summed E-state index contributed by atoms with van der Waals surface area (Å²) < 4.78 is 2.76. The minimum absolute atomic E-state index is 0.524. The van der Waals surface area contributed by atoms with E-state index in [9.17, 15) is 5.11 Å². The number of aliphatic hydroxyl groups is 1. The summed E-state index contributed by atoms with van der Waals surface area (Å²) in [4.78, 5) is 1.18. The van der Waals surface area contributed by atoms with Gasteiger partial charge in [0.15, 0.2) is 0 Å². The molecule has 108 valence electrons. The second-order valence-corrected chi connectivity index (χ2v) is 6.69. The van der Waals surface area contributed by atoms with Crippen LogP contribution in [-0.2, 0) is 6.54 Å². The van der Waals surface area contributed by atoms with Crippen LogP contribution in [0.25, 0.3) is 0 Å². The molecule has 3 nitrogen and oxygen atoms in total. The Labute approximate surface area is 132 Å². The molecular weight excluding hydrogens is 336 g/mol. The van der Waals surface area contributed by atoms with Crippen molar-refractivity contribution >= 4 is 27.7 Å². The lowest BCUT2D eigenvalue weighted by Gasteiger charge is -2.14. The summed E-state index contributed by atoms with van der Waals surface area (Å²) in [5.41, 5.74) is 2.11. The van der Waals surface area contributed by atoms with Gasteiger partial charge in [-0.05, 0) is 41.4 Å². The van der Waals surface area contributed by atoms with Gasteiger partial charge in [0.05, 0.1) is 16.4 Å². The molecule has 1 heterocycles. The van der Waals surface area contributed by atoms with Crippen molar-refractivity contribution in [2.24, 2.45) is 0 Å². The average Bonchev–Trinajstić information content (AvgIpc) is 2.78. The van der Waals surface area contributed by atoms with Crippen molar-refractivity contribution in [2.75, 3.05) is 5.75 Å². The fourth-order valence-corrected chi connectivity index (χ4v) is 3.57. The van der Waals surface area contributed by atoms with Crippen molar-refractivity contribution in [1.29, 1.82) is 0 Å². The Bertz CT molecular complexity index is 571. The third kappa shape index (κ3) is 3.87. The van der Waals surface area contributed by atoms with Crippen molar-refractivity contribution in [2.45, 2.75) is 37.8 Å². The fourth-order valence-electron chi connectivity index (χ4n) is 2.05. The molecule has 0 fully saturated rings. The van der Waals surface area contributed by atoms with E-state index in [2.05, 4.69) is 53.1 Å². The maximum Gasteiger partial charge on any atom is 0.106 e. The van der Waals surface area contributed by atoms with E-state index in [-0.39, 0.29) is 0 Å². The van der Waals surface area contributed by atoms with Gasteiger partial charge in [-0.2, -0.15) is 5.10 Å². The zero-order valence-corrected chi connectivity index (χ0v) is 14.1. The lowest BCUT2D eigenvalue weighted by molar-refractivity contribution is 0.190. The highest BCUT2D eigenvalue weighted by atomic mass is 79.9. The van der Waals surface area contributed by atoms with Gasteiger partial charge in [-0.3, -0.25) is 4.68 Å². The molecule has 0 spiro atoms. The Morgan fingerprint density at radius 2 is 2.25 bits per heavy atom. The normalized spacial score (nSPS) is 12.6. The van der Waals surface area contributed by atoms with Crippen molar-refractivity contribution in [3.8, 4) is 0 Å². The number of benzene rings is 1. The molecule has 2 aromatic rings. The van der Waals surface area contributed by atoms with Crippen LogP contribution in [0.5, 0.6) is 0 Å². The topological polar surface area (TPSA) is 38.0 Å². The van der Waals surface area contributed by atoms with Crippen LogP contribution in [0.1, 0.15) is 30.7 Å². The second kappa shape index (κ2) is 7.29. The highest BCUT2D eigenvalue weighted by molar-refractivity contribution is 9.10. The first-order valence-electron chi connectivity index (χ1n) is 6.70. The van der Waals surface area contributed by atoms with Crippen molar-refractivity contribution in [3.05, 3.63) is 46.2 Å². The van der Waals surface area contributed by atoms with Gasteiger partial charge in [-0.15, -0.1) is 11.8 Å². The van der Waals surface area contributed by atoms with E-state index in [1.165, 1.54) is 10.5 Å². The third-order valence-electron chi connectivity index (χ3n) is 2.98.